The summed E-state index contributed by atoms with van der Waals surface area (Å²) < 4.78 is 0.721. The van der Waals surface area contributed by atoms with Crippen molar-refractivity contribution < 1.29 is 0 Å². The highest BCUT2D eigenvalue weighted by Crippen LogP contribution is 2.26. The Bertz CT molecular complexity index is 567. The molecule has 2 rings (SSSR count). The van der Waals surface area contributed by atoms with Crippen LogP contribution in [0.1, 0.15) is 0 Å². The molecule has 3 nitrogen and oxygen atoms in total. The van der Waals surface area contributed by atoms with Crippen LogP contribution < -0.4 is 5.56 Å². The first-order chi connectivity index (χ1) is 6.59. The first-order valence-electron chi connectivity index (χ1n) is 3.62. The zero-order chi connectivity index (χ0) is 10.3. The largest absolute Gasteiger partial charge is 0.327 e. The molecule has 0 aliphatic carbocycles. The number of aromatic amines is 1. The summed E-state index contributed by atoms with van der Waals surface area (Å²) in [7, 11) is 0. The van der Waals surface area contributed by atoms with Crippen molar-refractivity contribution in [1.82, 2.24) is 9.97 Å². The molecule has 0 aliphatic heterocycles. The predicted molar refractivity (Wildman–Crippen MR) is 60.1 cm³/mol. The van der Waals surface area contributed by atoms with Gasteiger partial charge < -0.3 is 4.98 Å². The topological polar surface area (TPSA) is 45.8 Å². The molecule has 0 bridgehead atoms. The molecule has 0 saturated carbocycles. The fourth-order valence-corrected chi connectivity index (χ4v) is 2.11. The third kappa shape index (κ3) is 1.54. The number of H-pyrrole nitrogens is 1. The number of nitrogens with zero attached hydrogens (tertiary/aromatic N) is 1. The lowest BCUT2D eigenvalue weighted by molar-refractivity contribution is 1.24. The van der Waals surface area contributed by atoms with E-state index in [0.717, 1.165) is 4.47 Å². The van der Waals surface area contributed by atoms with Crippen molar-refractivity contribution in [3.05, 3.63) is 37.4 Å². The van der Waals surface area contributed by atoms with Crippen molar-refractivity contribution in [2.75, 3.05) is 0 Å². The molecule has 14 heavy (non-hydrogen) atoms. The molecule has 0 radical (unpaired) electrons. The minimum atomic E-state index is -0.280. The number of aromatic nitrogens is 2. The Kier molecular flexibility index (Phi) is 2.51. The van der Waals surface area contributed by atoms with Crippen LogP contribution in [-0.2, 0) is 0 Å². The monoisotopic (exact) mass is 292 g/mol. The van der Waals surface area contributed by atoms with Crippen LogP contribution >= 0.6 is 39.1 Å². The SMILES string of the molecule is O=c1[nH]cc(Br)c2cc(Cl)nc(Cl)c12. The maximum absolute atomic E-state index is 11.4. The summed E-state index contributed by atoms with van der Waals surface area (Å²) in [4.78, 5) is 17.7. The number of nitrogens with one attached hydrogen (secondary N) is 1. The van der Waals surface area contributed by atoms with Crippen molar-refractivity contribution in [2.24, 2.45) is 0 Å². The lowest BCUT2D eigenvalue weighted by atomic mass is 10.2. The van der Waals surface area contributed by atoms with Gasteiger partial charge in [-0.1, -0.05) is 23.2 Å². The van der Waals surface area contributed by atoms with Crippen molar-refractivity contribution in [3.63, 3.8) is 0 Å². The van der Waals surface area contributed by atoms with Crippen LogP contribution in [0.15, 0.2) is 21.5 Å². The molecule has 6 heteroatoms. The summed E-state index contributed by atoms with van der Waals surface area (Å²) in [5, 5.41) is 1.35. The lowest BCUT2D eigenvalue weighted by Crippen LogP contribution is -2.06. The van der Waals surface area contributed by atoms with E-state index in [0.29, 0.717) is 10.8 Å². The van der Waals surface area contributed by atoms with E-state index in [1.165, 1.54) is 6.20 Å². The van der Waals surface area contributed by atoms with Gasteiger partial charge in [0.1, 0.15) is 10.3 Å². The van der Waals surface area contributed by atoms with E-state index in [9.17, 15) is 4.79 Å². The minimum absolute atomic E-state index is 0.107. The second-order valence-electron chi connectivity index (χ2n) is 2.62. The van der Waals surface area contributed by atoms with Crippen LogP contribution in [0, 0.1) is 0 Å². The number of rotatable bonds is 0. The van der Waals surface area contributed by atoms with Crippen molar-refractivity contribution in [1.29, 1.82) is 0 Å². The van der Waals surface area contributed by atoms with Gasteiger partial charge in [-0.2, -0.15) is 0 Å². The average Bonchev–Trinajstić information content (AvgIpc) is 2.10. The van der Waals surface area contributed by atoms with E-state index in [2.05, 4.69) is 25.9 Å². The molecule has 0 saturated heterocycles. The van der Waals surface area contributed by atoms with Crippen molar-refractivity contribution >= 4 is 49.9 Å². The second-order valence-corrected chi connectivity index (χ2v) is 4.22. The van der Waals surface area contributed by atoms with E-state index in [1.807, 2.05) is 0 Å². The van der Waals surface area contributed by atoms with Crippen LogP contribution in [0.3, 0.4) is 0 Å². The van der Waals surface area contributed by atoms with Crippen molar-refractivity contribution in [3.8, 4) is 0 Å². The predicted octanol–water partition coefficient (Wildman–Crippen LogP) is 2.99. The van der Waals surface area contributed by atoms with Gasteiger partial charge in [-0.3, -0.25) is 4.79 Å². The van der Waals surface area contributed by atoms with Crippen LogP contribution in [0.5, 0.6) is 0 Å². The molecule has 0 amide bonds. The molecule has 2 aromatic rings. The quantitative estimate of drug-likeness (QED) is 0.759. The van der Waals surface area contributed by atoms with Gasteiger partial charge in [0.2, 0.25) is 0 Å². The van der Waals surface area contributed by atoms with E-state index in [4.69, 9.17) is 23.2 Å². The van der Waals surface area contributed by atoms with E-state index in [1.54, 1.807) is 6.07 Å². The molecule has 0 aliphatic rings. The zero-order valence-electron chi connectivity index (χ0n) is 6.64. The fourth-order valence-electron chi connectivity index (χ4n) is 1.17. The van der Waals surface area contributed by atoms with Gasteiger partial charge in [0, 0.05) is 16.1 Å². The van der Waals surface area contributed by atoms with Gasteiger partial charge in [0.25, 0.3) is 5.56 Å². The number of halogens is 3. The second kappa shape index (κ2) is 3.53. The molecule has 0 aromatic carbocycles. The highest BCUT2D eigenvalue weighted by molar-refractivity contribution is 9.10. The molecule has 2 aromatic heterocycles. The number of pyridine rings is 2. The molecular formula is C8H3BrCl2N2O. The summed E-state index contributed by atoms with van der Waals surface area (Å²) in [6.07, 6.45) is 1.54. The van der Waals surface area contributed by atoms with E-state index in [-0.39, 0.29) is 15.9 Å². The van der Waals surface area contributed by atoms with E-state index >= 15 is 0 Å². The molecular weight excluding hydrogens is 291 g/mol. The zero-order valence-corrected chi connectivity index (χ0v) is 9.74. The molecule has 0 spiro atoms. The van der Waals surface area contributed by atoms with Crippen LogP contribution in [0.2, 0.25) is 10.3 Å². The Morgan fingerprint density at radius 1 is 1.43 bits per heavy atom. The third-order valence-electron chi connectivity index (χ3n) is 1.76. The van der Waals surface area contributed by atoms with Crippen LogP contribution in [0.25, 0.3) is 10.8 Å². The first kappa shape index (κ1) is 9.96. The smallest absolute Gasteiger partial charge is 0.259 e. The van der Waals surface area contributed by atoms with Gasteiger partial charge in [0.15, 0.2) is 0 Å². The molecule has 0 fully saturated rings. The highest BCUT2D eigenvalue weighted by Gasteiger charge is 2.09. The number of hydrogen-bond acceptors (Lipinski definition) is 2. The summed E-state index contributed by atoms with van der Waals surface area (Å²) >= 11 is 14.8. The summed E-state index contributed by atoms with van der Waals surface area (Å²) in [5.74, 6) is 0. The van der Waals surface area contributed by atoms with Gasteiger partial charge in [-0.05, 0) is 22.0 Å². The van der Waals surface area contributed by atoms with Gasteiger partial charge >= 0.3 is 0 Å². The standard InChI is InChI=1S/C8H3BrCl2N2O/c9-4-2-12-8(14)6-3(4)1-5(10)13-7(6)11/h1-2H,(H,12,14). The van der Waals surface area contributed by atoms with Gasteiger partial charge in [-0.15, -0.1) is 0 Å². The Labute approximate surface area is 97.2 Å². The number of fused-ring (bicyclic) bond motifs is 1. The summed E-state index contributed by atoms with van der Waals surface area (Å²) in [6, 6.07) is 1.59. The van der Waals surface area contributed by atoms with Crippen LogP contribution in [0.4, 0.5) is 0 Å². The Balaban J connectivity index is 3.08. The van der Waals surface area contributed by atoms with Gasteiger partial charge in [0.05, 0.1) is 5.39 Å². The third-order valence-corrected chi connectivity index (χ3v) is 2.88. The molecule has 1 N–H and O–H groups in total. The van der Waals surface area contributed by atoms with E-state index < -0.39 is 0 Å². The summed E-state index contributed by atoms with van der Waals surface area (Å²) in [6.45, 7) is 0. The lowest BCUT2D eigenvalue weighted by Gasteiger charge is -2.01. The molecule has 0 atom stereocenters. The Hall–Kier alpha value is -0.580. The first-order valence-corrected chi connectivity index (χ1v) is 5.17. The maximum Gasteiger partial charge on any atom is 0.259 e. The molecule has 2 heterocycles. The minimum Gasteiger partial charge on any atom is -0.327 e. The summed E-state index contributed by atoms with van der Waals surface area (Å²) in [5.41, 5.74) is -0.280. The Morgan fingerprint density at radius 3 is 2.86 bits per heavy atom. The van der Waals surface area contributed by atoms with Crippen molar-refractivity contribution in [2.45, 2.75) is 0 Å². The fraction of sp³-hybridized carbons (Fsp3) is 0. The van der Waals surface area contributed by atoms with Crippen LogP contribution in [-0.4, -0.2) is 9.97 Å². The highest BCUT2D eigenvalue weighted by atomic mass is 79.9. The molecule has 0 unspecified atom stereocenters. The number of hydrogen-bond donors (Lipinski definition) is 1. The van der Waals surface area contributed by atoms with Gasteiger partial charge in [-0.25, -0.2) is 4.98 Å². The molecule has 72 valence electrons. The Morgan fingerprint density at radius 2 is 2.14 bits per heavy atom. The average molecular weight is 294 g/mol. The maximum atomic E-state index is 11.4. The normalized spacial score (nSPS) is 10.8.